The van der Waals surface area contributed by atoms with Crippen molar-refractivity contribution in [3.05, 3.63) is 0 Å². The summed E-state index contributed by atoms with van der Waals surface area (Å²) in [5.41, 5.74) is -0.545. The summed E-state index contributed by atoms with van der Waals surface area (Å²) in [4.78, 5) is 14.4. The minimum absolute atomic E-state index is 0.141. The molecule has 1 N–H and O–H groups in total. The fraction of sp³-hybridized carbons (Fsp3) is 0.933. The van der Waals surface area contributed by atoms with Crippen LogP contribution in [0.15, 0.2) is 0 Å². The van der Waals surface area contributed by atoms with Gasteiger partial charge in [-0.3, -0.25) is 10.1 Å². The van der Waals surface area contributed by atoms with E-state index in [4.69, 9.17) is 4.74 Å². The van der Waals surface area contributed by atoms with Gasteiger partial charge in [-0.25, -0.2) is 0 Å². The molecule has 0 aromatic carbocycles. The van der Waals surface area contributed by atoms with Crippen molar-refractivity contribution in [3.63, 3.8) is 0 Å². The van der Waals surface area contributed by atoms with Gasteiger partial charge in [0.05, 0.1) is 7.11 Å². The Balaban J connectivity index is 2.54. The van der Waals surface area contributed by atoms with E-state index in [1.54, 1.807) is 0 Å². The SMILES string of the molecule is CCC(CC)N(C)CCC(C)(NC1CC1)C(=O)OC. The second-order valence-corrected chi connectivity index (χ2v) is 5.94. The van der Waals surface area contributed by atoms with E-state index in [0.29, 0.717) is 12.1 Å². The van der Waals surface area contributed by atoms with Gasteiger partial charge in [-0.1, -0.05) is 13.8 Å². The lowest BCUT2D eigenvalue weighted by molar-refractivity contribution is -0.148. The first-order valence-electron chi connectivity index (χ1n) is 7.53. The van der Waals surface area contributed by atoms with E-state index < -0.39 is 5.54 Å². The van der Waals surface area contributed by atoms with Gasteiger partial charge in [0.1, 0.15) is 5.54 Å². The van der Waals surface area contributed by atoms with E-state index in [2.05, 4.69) is 31.1 Å². The maximum atomic E-state index is 12.0. The summed E-state index contributed by atoms with van der Waals surface area (Å²) in [6.07, 6.45) is 5.45. The minimum Gasteiger partial charge on any atom is -0.468 e. The third-order valence-corrected chi connectivity index (χ3v) is 4.27. The van der Waals surface area contributed by atoms with Crippen molar-refractivity contribution in [3.8, 4) is 0 Å². The summed E-state index contributed by atoms with van der Waals surface area (Å²) in [5.74, 6) is -0.141. The summed E-state index contributed by atoms with van der Waals surface area (Å²) < 4.78 is 4.97. The topological polar surface area (TPSA) is 41.6 Å². The quantitative estimate of drug-likeness (QED) is 0.652. The van der Waals surface area contributed by atoms with Crippen LogP contribution in [-0.4, -0.2) is 49.2 Å². The predicted molar refractivity (Wildman–Crippen MR) is 78.2 cm³/mol. The van der Waals surface area contributed by atoms with Crippen LogP contribution < -0.4 is 5.32 Å². The molecule has 1 aliphatic rings. The van der Waals surface area contributed by atoms with E-state index in [0.717, 1.165) is 25.8 Å². The molecule has 4 heteroatoms. The molecule has 4 nitrogen and oxygen atoms in total. The van der Waals surface area contributed by atoms with Gasteiger partial charge in [0.25, 0.3) is 0 Å². The van der Waals surface area contributed by atoms with Crippen molar-refractivity contribution in [1.29, 1.82) is 0 Å². The molecule has 1 aliphatic carbocycles. The van der Waals surface area contributed by atoms with E-state index in [-0.39, 0.29) is 5.97 Å². The Morgan fingerprint density at radius 2 is 2.00 bits per heavy atom. The average Bonchev–Trinajstić information content (AvgIpc) is 3.20. The van der Waals surface area contributed by atoms with Crippen molar-refractivity contribution in [1.82, 2.24) is 10.2 Å². The Morgan fingerprint density at radius 3 is 2.42 bits per heavy atom. The van der Waals surface area contributed by atoms with E-state index >= 15 is 0 Å². The molecule has 0 aliphatic heterocycles. The van der Waals surface area contributed by atoms with Crippen LogP contribution >= 0.6 is 0 Å². The number of nitrogens with one attached hydrogen (secondary N) is 1. The Bertz CT molecular complexity index is 288. The Hall–Kier alpha value is -0.610. The number of carbonyl (C=O) groups excluding carboxylic acids is 1. The Kier molecular flexibility index (Phi) is 6.27. The lowest BCUT2D eigenvalue weighted by atomic mass is 9.96. The van der Waals surface area contributed by atoms with Gasteiger partial charge in [0.15, 0.2) is 0 Å². The van der Waals surface area contributed by atoms with Gasteiger partial charge >= 0.3 is 5.97 Å². The highest BCUT2D eigenvalue weighted by atomic mass is 16.5. The second-order valence-electron chi connectivity index (χ2n) is 5.94. The molecule has 112 valence electrons. The highest BCUT2D eigenvalue weighted by molar-refractivity contribution is 5.80. The van der Waals surface area contributed by atoms with Crippen LogP contribution in [0.25, 0.3) is 0 Å². The lowest BCUT2D eigenvalue weighted by Gasteiger charge is -2.32. The molecule has 0 bridgehead atoms. The first-order chi connectivity index (χ1) is 8.96. The van der Waals surface area contributed by atoms with E-state index in [1.807, 2.05) is 6.92 Å². The molecule has 0 heterocycles. The number of hydrogen-bond donors (Lipinski definition) is 1. The van der Waals surface area contributed by atoms with Crippen LogP contribution in [0, 0.1) is 0 Å². The molecule has 1 unspecified atom stereocenters. The molecule has 1 saturated carbocycles. The molecule has 0 aromatic heterocycles. The number of carbonyl (C=O) groups is 1. The highest BCUT2D eigenvalue weighted by Gasteiger charge is 2.39. The Labute approximate surface area is 117 Å². The number of rotatable bonds is 9. The molecular formula is C15H30N2O2. The second kappa shape index (κ2) is 7.25. The third kappa shape index (κ3) is 4.77. The van der Waals surface area contributed by atoms with Crippen LogP contribution in [0.1, 0.15) is 52.9 Å². The van der Waals surface area contributed by atoms with Crippen molar-refractivity contribution in [2.45, 2.75) is 70.5 Å². The van der Waals surface area contributed by atoms with Gasteiger partial charge in [0, 0.05) is 18.6 Å². The van der Waals surface area contributed by atoms with Crippen LogP contribution in [-0.2, 0) is 9.53 Å². The van der Waals surface area contributed by atoms with Crippen molar-refractivity contribution < 1.29 is 9.53 Å². The molecule has 0 saturated heterocycles. The van der Waals surface area contributed by atoms with Gasteiger partial charge in [0.2, 0.25) is 0 Å². The lowest BCUT2D eigenvalue weighted by Crippen LogP contribution is -2.53. The number of nitrogens with zero attached hydrogens (tertiary/aromatic N) is 1. The minimum atomic E-state index is -0.545. The standard InChI is InChI=1S/C15H30N2O2/c1-6-13(7-2)17(4)11-10-15(3,14(18)19-5)16-12-8-9-12/h12-13,16H,6-11H2,1-5H3. The summed E-state index contributed by atoms with van der Waals surface area (Å²) in [5, 5.41) is 3.45. The average molecular weight is 270 g/mol. The summed E-state index contributed by atoms with van der Waals surface area (Å²) >= 11 is 0. The van der Waals surface area contributed by atoms with Gasteiger partial charge in [-0.15, -0.1) is 0 Å². The summed E-state index contributed by atoms with van der Waals surface area (Å²) in [6, 6.07) is 1.10. The normalized spacial score (nSPS) is 18.7. The molecule has 0 spiro atoms. The molecular weight excluding hydrogens is 240 g/mol. The van der Waals surface area contributed by atoms with Crippen LogP contribution in [0.4, 0.5) is 0 Å². The largest absolute Gasteiger partial charge is 0.468 e. The van der Waals surface area contributed by atoms with Crippen LogP contribution in [0.2, 0.25) is 0 Å². The van der Waals surface area contributed by atoms with Gasteiger partial charge < -0.3 is 9.64 Å². The number of esters is 1. The zero-order chi connectivity index (χ0) is 14.5. The zero-order valence-corrected chi connectivity index (χ0v) is 13.2. The van der Waals surface area contributed by atoms with Crippen LogP contribution in [0.5, 0.6) is 0 Å². The summed E-state index contributed by atoms with van der Waals surface area (Å²) in [6.45, 7) is 7.31. The molecule has 19 heavy (non-hydrogen) atoms. The van der Waals surface area contributed by atoms with Gasteiger partial charge in [-0.05, 0) is 46.1 Å². The zero-order valence-electron chi connectivity index (χ0n) is 13.2. The molecule has 0 radical (unpaired) electrons. The predicted octanol–water partition coefficient (Wildman–Crippen LogP) is 2.18. The van der Waals surface area contributed by atoms with E-state index in [9.17, 15) is 4.79 Å². The van der Waals surface area contributed by atoms with E-state index in [1.165, 1.54) is 20.0 Å². The Morgan fingerprint density at radius 1 is 1.42 bits per heavy atom. The number of methoxy groups -OCH3 is 1. The summed E-state index contributed by atoms with van der Waals surface area (Å²) in [7, 11) is 3.62. The first kappa shape index (κ1) is 16.4. The maximum Gasteiger partial charge on any atom is 0.325 e. The maximum absolute atomic E-state index is 12.0. The highest BCUT2D eigenvalue weighted by Crippen LogP contribution is 2.25. The molecule has 0 aromatic rings. The monoisotopic (exact) mass is 270 g/mol. The number of hydrogen-bond acceptors (Lipinski definition) is 4. The molecule has 1 fully saturated rings. The fourth-order valence-electron chi connectivity index (χ4n) is 2.63. The van der Waals surface area contributed by atoms with Crippen LogP contribution in [0.3, 0.4) is 0 Å². The third-order valence-electron chi connectivity index (χ3n) is 4.27. The number of ether oxygens (including phenoxy) is 1. The van der Waals surface area contributed by atoms with Crippen molar-refractivity contribution >= 4 is 5.97 Å². The smallest absolute Gasteiger partial charge is 0.325 e. The first-order valence-corrected chi connectivity index (χ1v) is 7.53. The molecule has 1 atom stereocenters. The molecule has 0 amide bonds. The van der Waals surface area contributed by atoms with Crippen molar-refractivity contribution in [2.75, 3.05) is 20.7 Å². The van der Waals surface area contributed by atoms with Crippen molar-refractivity contribution in [2.24, 2.45) is 0 Å². The van der Waals surface area contributed by atoms with Gasteiger partial charge in [-0.2, -0.15) is 0 Å². The molecule has 1 rings (SSSR count). The fourth-order valence-corrected chi connectivity index (χ4v) is 2.63.